The molecule has 0 amide bonds. The van der Waals surface area contributed by atoms with Crippen LogP contribution in [-0.2, 0) is 6.42 Å². The standard InChI is InChI=1S/C18H17N3S2/c1-2-13-4-3-5-16(12-13)21-18(22)20-15-8-6-14(7-9-15)17-19-10-11-23-17/h3-12H,2H2,1H3,(H2,20,21,22). The third-order valence-electron chi connectivity index (χ3n) is 3.42. The molecule has 116 valence electrons. The maximum atomic E-state index is 5.38. The summed E-state index contributed by atoms with van der Waals surface area (Å²) in [5, 5.41) is 10.0. The molecular formula is C18H17N3S2. The second-order valence-electron chi connectivity index (χ2n) is 5.05. The Morgan fingerprint density at radius 3 is 2.57 bits per heavy atom. The Balaban J connectivity index is 1.63. The molecule has 0 atom stereocenters. The van der Waals surface area contributed by atoms with Crippen molar-refractivity contribution in [2.45, 2.75) is 13.3 Å². The summed E-state index contributed by atoms with van der Waals surface area (Å²) in [6.07, 6.45) is 2.82. The number of thiocarbonyl (C=S) groups is 1. The molecule has 0 radical (unpaired) electrons. The van der Waals surface area contributed by atoms with Gasteiger partial charge in [-0.25, -0.2) is 4.98 Å². The largest absolute Gasteiger partial charge is 0.332 e. The number of hydrogen-bond acceptors (Lipinski definition) is 3. The summed E-state index contributed by atoms with van der Waals surface area (Å²) in [6.45, 7) is 2.14. The van der Waals surface area contributed by atoms with Gasteiger partial charge in [-0.15, -0.1) is 11.3 Å². The minimum Gasteiger partial charge on any atom is -0.332 e. The van der Waals surface area contributed by atoms with Gasteiger partial charge in [0.15, 0.2) is 5.11 Å². The van der Waals surface area contributed by atoms with Crippen molar-refractivity contribution in [3.8, 4) is 10.6 Å². The van der Waals surface area contributed by atoms with Gasteiger partial charge in [0, 0.05) is 28.5 Å². The molecule has 3 aromatic rings. The van der Waals surface area contributed by atoms with Crippen molar-refractivity contribution in [3.05, 3.63) is 65.7 Å². The number of thiazole rings is 1. The minimum atomic E-state index is 0.584. The molecule has 23 heavy (non-hydrogen) atoms. The van der Waals surface area contributed by atoms with Crippen LogP contribution in [0.15, 0.2) is 60.1 Å². The van der Waals surface area contributed by atoms with Crippen LogP contribution in [0.5, 0.6) is 0 Å². The Kier molecular flexibility index (Phi) is 5.00. The van der Waals surface area contributed by atoms with Crippen LogP contribution in [0.4, 0.5) is 11.4 Å². The zero-order valence-electron chi connectivity index (χ0n) is 12.7. The first-order valence-electron chi connectivity index (χ1n) is 7.41. The van der Waals surface area contributed by atoms with Crippen molar-refractivity contribution in [2.75, 3.05) is 10.6 Å². The molecule has 5 heteroatoms. The van der Waals surface area contributed by atoms with E-state index in [0.717, 1.165) is 28.4 Å². The monoisotopic (exact) mass is 339 g/mol. The van der Waals surface area contributed by atoms with E-state index in [1.807, 2.05) is 48.0 Å². The average Bonchev–Trinajstić information content (AvgIpc) is 3.10. The van der Waals surface area contributed by atoms with Crippen molar-refractivity contribution < 1.29 is 0 Å². The molecule has 0 aliphatic heterocycles. The van der Waals surface area contributed by atoms with Crippen molar-refractivity contribution in [1.82, 2.24) is 4.98 Å². The number of hydrogen-bond donors (Lipinski definition) is 2. The van der Waals surface area contributed by atoms with Crippen LogP contribution in [0.1, 0.15) is 12.5 Å². The molecule has 2 aromatic carbocycles. The molecule has 0 unspecified atom stereocenters. The Hall–Kier alpha value is -2.24. The van der Waals surface area contributed by atoms with Crippen LogP contribution in [-0.4, -0.2) is 10.1 Å². The summed E-state index contributed by atoms with van der Waals surface area (Å²) in [6, 6.07) is 16.4. The third-order valence-corrected chi connectivity index (χ3v) is 4.44. The lowest BCUT2D eigenvalue weighted by atomic mass is 10.1. The third kappa shape index (κ3) is 4.15. The Morgan fingerprint density at radius 2 is 1.87 bits per heavy atom. The van der Waals surface area contributed by atoms with Gasteiger partial charge in [-0.3, -0.25) is 0 Å². The summed E-state index contributed by atoms with van der Waals surface area (Å²) >= 11 is 7.01. The fourth-order valence-corrected chi connectivity index (χ4v) is 3.10. The van der Waals surface area contributed by atoms with Crippen LogP contribution in [0.3, 0.4) is 0 Å². The number of aromatic nitrogens is 1. The van der Waals surface area contributed by atoms with E-state index in [1.165, 1.54) is 5.56 Å². The van der Waals surface area contributed by atoms with Gasteiger partial charge < -0.3 is 10.6 Å². The van der Waals surface area contributed by atoms with E-state index in [-0.39, 0.29) is 0 Å². The van der Waals surface area contributed by atoms with Gasteiger partial charge in [-0.05, 0) is 60.6 Å². The summed E-state index contributed by atoms with van der Waals surface area (Å²) in [4.78, 5) is 4.31. The van der Waals surface area contributed by atoms with Crippen LogP contribution < -0.4 is 10.6 Å². The van der Waals surface area contributed by atoms with Crippen molar-refractivity contribution in [2.24, 2.45) is 0 Å². The van der Waals surface area contributed by atoms with Crippen molar-refractivity contribution >= 4 is 40.0 Å². The Morgan fingerprint density at radius 1 is 1.09 bits per heavy atom. The summed E-state index contributed by atoms with van der Waals surface area (Å²) < 4.78 is 0. The first kappa shape index (κ1) is 15.6. The molecule has 3 nitrogen and oxygen atoms in total. The fraction of sp³-hybridized carbons (Fsp3) is 0.111. The molecule has 0 bridgehead atoms. The van der Waals surface area contributed by atoms with Crippen LogP contribution in [0.25, 0.3) is 10.6 Å². The van der Waals surface area contributed by atoms with E-state index in [9.17, 15) is 0 Å². The topological polar surface area (TPSA) is 37.0 Å². The van der Waals surface area contributed by atoms with E-state index in [1.54, 1.807) is 11.3 Å². The first-order valence-corrected chi connectivity index (χ1v) is 8.70. The van der Waals surface area contributed by atoms with E-state index >= 15 is 0 Å². The summed E-state index contributed by atoms with van der Waals surface area (Å²) in [5.74, 6) is 0. The van der Waals surface area contributed by atoms with E-state index in [2.05, 4.69) is 34.7 Å². The zero-order chi connectivity index (χ0) is 16.1. The smallest absolute Gasteiger partial charge is 0.175 e. The Labute approximate surface area is 145 Å². The molecule has 2 N–H and O–H groups in total. The number of nitrogens with zero attached hydrogens (tertiary/aromatic N) is 1. The van der Waals surface area contributed by atoms with Crippen LogP contribution in [0, 0.1) is 0 Å². The molecule has 0 aliphatic rings. The lowest BCUT2D eigenvalue weighted by Gasteiger charge is -2.11. The predicted octanol–water partition coefficient (Wildman–Crippen LogP) is 5.18. The predicted molar refractivity (Wildman–Crippen MR) is 103 cm³/mol. The number of aryl methyl sites for hydroxylation is 1. The second kappa shape index (κ2) is 7.35. The molecule has 0 saturated carbocycles. The van der Waals surface area contributed by atoms with E-state index < -0.39 is 0 Å². The lowest BCUT2D eigenvalue weighted by molar-refractivity contribution is 1.14. The van der Waals surface area contributed by atoms with Gasteiger partial charge in [0.1, 0.15) is 5.01 Å². The molecule has 3 rings (SSSR count). The van der Waals surface area contributed by atoms with Gasteiger partial charge in [0.05, 0.1) is 0 Å². The highest BCUT2D eigenvalue weighted by Crippen LogP contribution is 2.23. The van der Waals surface area contributed by atoms with Gasteiger partial charge in [-0.1, -0.05) is 19.1 Å². The Bertz CT molecular complexity index is 780. The molecule has 0 aliphatic carbocycles. The first-order chi connectivity index (χ1) is 11.2. The van der Waals surface area contributed by atoms with Gasteiger partial charge in [0.2, 0.25) is 0 Å². The number of nitrogens with one attached hydrogen (secondary N) is 2. The maximum Gasteiger partial charge on any atom is 0.175 e. The zero-order valence-corrected chi connectivity index (χ0v) is 14.4. The highest BCUT2D eigenvalue weighted by molar-refractivity contribution is 7.80. The molecule has 0 saturated heterocycles. The van der Waals surface area contributed by atoms with Crippen molar-refractivity contribution in [1.29, 1.82) is 0 Å². The molecule has 1 aromatic heterocycles. The number of anilines is 2. The normalized spacial score (nSPS) is 10.3. The average molecular weight is 339 g/mol. The molecule has 1 heterocycles. The van der Waals surface area contributed by atoms with Crippen molar-refractivity contribution in [3.63, 3.8) is 0 Å². The molecule has 0 spiro atoms. The van der Waals surface area contributed by atoms with Gasteiger partial charge in [0.25, 0.3) is 0 Å². The minimum absolute atomic E-state index is 0.584. The lowest BCUT2D eigenvalue weighted by Crippen LogP contribution is -2.19. The highest BCUT2D eigenvalue weighted by Gasteiger charge is 2.02. The fourth-order valence-electron chi connectivity index (χ4n) is 2.22. The molecule has 0 fully saturated rings. The molecular weight excluding hydrogens is 322 g/mol. The maximum absolute atomic E-state index is 5.38. The SMILES string of the molecule is CCc1cccc(NC(=S)Nc2ccc(-c3nccs3)cc2)c1. The summed E-state index contributed by atoms with van der Waals surface area (Å²) in [7, 11) is 0. The van der Waals surface area contributed by atoms with Crippen LogP contribution in [0.2, 0.25) is 0 Å². The van der Waals surface area contributed by atoms with E-state index in [4.69, 9.17) is 12.2 Å². The second-order valence-corrected chi connectivity index (χ2v) is 6.35. The highest BCUT2D eigenvalue weighted by atomic mass is 32.1. The summed E-state index contributed by atoms with van der Waals surface area (Å²) in [5.41, 5.74) is 4.35. The van der Waals surface area contributed by atoms with E-state index in [0.29, 0.717) is 5.11 Å². The van der Waals surface area contributed by atoms with Gasteiger partial charge in [-0.2, -0.15) is 0 Å². The number of rotatable bonds is 4. The van der Waals surface area contributed by atoms with Crippen LogP contribution >= 0.6 is 23.6 Å². The van der Waals surface area contributed by atoms with Gasteiger partial charge >= 0.3 is 0 Å². The number of benzene rings is 2. The quantitative estimate of drug-likeness (QED) is 0.642.